The SMILES string of the molecule is O=C(Nc1cc(F)cc(F)c1)c1ccc(Nc2cc(-c3ccccc3)ncn2)cc1. The zero-order valence-electron chi connectivity index (χ0n) is 15.6. The van der Waals surface area contributed by atoms with E-state index in [1.54, 1.807) is 24.3 Å². The first-order chi connectivity index (χ1) is 14.6. The average Bonchev–Trinajstić information content (AvgIpc) is 2.74. The second-order valence-electron chi connectivity index (χ2n) is 6.47. The summed E-state index contributed by atoms with van der Waals surface area (Å²) in [5, 5.41) is 5.64. The maximum absolute atomic E-state index is 13.3. The Kier molecular flexibility index (Phi) is 5.43. The Labute approximate surface area is 171 Å². The lowest BCUT2D eigenvalue weighted by Gasteiger charge is -2.09. The summed E-state index contributed by atoms with van der Waals surface area (Å²) >= 11 is 0. The number of nitrogens with one attached hydrogen (secondary N) is 2. The predicted molar refractivity (Wildman–Crippen MR) is 112 cm³/mol. The van der Waals surface area contributed by atoms with Gasteiger partial charge in [0, 0.05) is 34.6 Å². The van der Waals surface area contributed by atoms with Crippen LogP contribution in [0.3, 0.4) is 0 Å². The number of hydrogen-bond acceptors (Lipinski definition) is 4. The highest BCUT2D eigenvalue weighted by Gasteiger charge is 2.09. The molecule has 1 heterocycles. The molecule has 0 saturated heterocycles. The maximum Gasteiger partial charge on any atom is 0.255 e. The number of benzene rings is 3. The molecular formula is C23H16F2N4O. The molecule has 0 bridgehead atoms. The molecule has 2 N–H and O–H groups in total. The minimum absolute atomic E-state index is 0.0501. The molecule has 0 atom stereocenters. The summed E-state index contributed by atoms with van der Waals surface area (Å²) in [6, 6.07) is 21.0. The van der Waals surface area contributed by atoms with Crippen molar-refractivity contribution in [2.75, 3.05) is 10.6 Å². The van der Waals surface area contributed by atoms with E-state index >= 15 is 0 Å². The molecule has 4 rings (SSSR count). The summed E-state index contributed by atoms with van der Waals surface area (Å²) in [5.74, 6) is -1.38. The van der Waals surface area contributed by atoms with Gasteiger partial charge in [-0.25, -0.2) is 18.7 Å². The normalized spacial score (nSPS) is 10.5. The van der Waals surface area contributed by atoms with Crippen molar-refractivity contribution in [3.8, 4) is 11.3 Å². The lowest BCUT2D eigenvalue weighted by molar-refractivity contribution is 0.102. The van der Waals surface area contributed by atoms with Crippen LogP contribution in [0.4, 0.5) is 26.0 Å². The molecule has 0 unspecified atom stereocenters. The Morgan fingerprint density at radius 3 is 2.17 bits per heavy atom. The van der Waals surface area contributed by atoms with Crippen LogP contribution in [0.5, 0.6) is 0 Å². The molecule has 0 spiro atoms. The maximum atomic E-state index is 13.3. The van der Waals surface area contributed by atoms with Crippen molar-refractivity contribution >= 4 is 23.1 Å². The summed E-state index contributed by atoms with van der Waals surface area (Å²) in [7, 11) is 0. The number of aromatic nitrogens is 2. The molecule has 0 saturated carbocycles. The summed E-state index contributed by atoms with van der Waals surface area (Å²) in [6.07, 6.45) is 1.48. The minimum atomic E-state index is -0.760. The third-order valence-electron chi connectivity index (χ3n) is 4.28. The van der Waals surface area contributed by atoms with Crippen LogP contribution in [0.1, 0.15) is 10.4 Å². The van der Waals surface area contributed by atoms with Crippen molar-refractivity contribution in [3.63, 3.8) is 0 Å². The van der Waals surface area contributed by atoms with E-state index < -0.39 is 17.5 Å². The molecule has 7 heteroatoms. The highest BCUT2D eigenvalue weighted by atomic mass is 19.1. The van der Waals surface area contributed by atoms with Crippen molar-refractivity contribution < 1.29 is 13.6 Å². The standard InChI is InChI=1S/C23H16F2N4O/c24-17-10-18(25)12-20(11-17)29-23(30)16-6-8-19(9-7-16)28-22-13-21(26-14-27-22)15-4-2-1-3-5-15/h1-14H,(H,29,30)(H,26,27,28). The monoisotopic (exact) mass is 402 g/mol. The summed E-state index contributed by atoms with van der Waals surface area (Å²) in [5.41, 5.74) is 2.88. The van der Waals surface area contributed by atoms with Crippen LogP contribution in [-0.4, -0.2) is 15.9 Å². The number of carbonyl (C=O) groups is 1. The molecule has 148 valence electrons. The Balaban J connectivity index is 1.45. The van der Waals surface area contributed by atoms with Crippen molar-refractivity contribution in [1.82, 2.24) is 9.97 Å². The van der Waals surface area contributed by atoms with Gasteiger partial charge in [0.05, 0.1) is 5.69 Å². The predicted octanol–water partition coefficient (Wildman–Crippen LogP) is 5.42. The number of nitrogens with zero attached hydrogens (tertiary/aromatic N) is 2. The largest absolute Gasteiger partial charge is 0.340 e. The molecule has 3 aromatic carbocycles. The van der Waals surface area contributed by atoms with Crippen molar-refractivity contribution in [3.05, 3.63) is 102 Å². The second-order valence-corrected chi connectivity index (χ2v) is 6.47. The van der Waals surface area contributed by atoms with Gasteiger partial charge in [-0.3, -0.25) is 4.79 Å². The van der Waals surface area contributed by atoms with Gasteiger partial charge in [0.25, 0.3) is 5.91 Å². The van der Waals surface area contributed by atoms with Gasteiger partial charge in [-0.1, -0.05) is 30.3 Å². The fourth-order valence-corrected chi connectivity index (χ4v) is 2.87. The van der Waals surface area contributed by atoms with Crippen molar-refractivity contribution in [2.45, 2.75) is 0 Å². The third-order valence-corrected chi connectivity index (χ3v) is 4.28. The molecule has 1 aromatic heterocycles. The first-order valence-corrected chi connectivity index (χ1v) is 9.09. The number of amides is 1. The Bertz CT molecular complexity index is 1160. The van der Waals surface area contributed by atoms with E-state index in [-0.39, 0.29) is 5.69 Å². The summed E-state index contributed by atoms with van der Waals surface area (Å²) in [4.78, 5) is 20.8. The van der Waals surface area contributed by atoms with Gasteiger partial charge in [-0.2, -0.15) is 0 Å². The van der Waals surface area contributed by atoms with E-state index in [0.717, 1.165) is 35.1 Å². The highest BCUT2D eigenvalue weighted by molar-refractivity contribution is 6.04. The van der Waals surface area contributed by atoms with E-state index in [4.69, 9.17) is 0 Å². The van der Waals surface area contributed by atoms with Gasteiger partial charge in [0.2, 0.25) is 0 Å². The van der Waals surface area contributed by atoms with E-state index in [0.29, 0.717) is 11.4 Å². The molecule has 5 nitrogen and oxygen atoms in total. The molecule has 1 amide bonds. The fourth-order valence-electron chi connectivity index (χ4n) is 2.87. The first-order valence-electron chi connectivity index (χ1n) is 9.09. The Morgan fingerprint density at radius 1 is 0.767 bits per heavy atom. The summed E-state index contributed by atoms with van der Waals surface area (Å²) in [6.45, 7) is 0. The van der Waals surface area contributed by atoms with Crippen LogP contribution in [0.25, 0.3) is 11.3 Å². The van der Waals surface area contributed by atoms with Crippen molar-refractivity contribution in [1.29, 1.82) is 0 Å². The van der Waals surface area contributed by atoms with Gasteiger partial charge in [0.15, 0.2) is 0 Å². The fraction of sp³-hybridized carbons (Fsp3) is 0. The van der Waals surface area contributed by atoms with E-state index in [1.165, 1.54) is 6.33 Å². The Hall–Kier alpha value is -4.13. The van der Waals surface area contributed by atoms with Gasteiger partial charge in [-0.05, 0) is 36.4 Å². The van der Waals surface area contributed by atoms with Crippen molar-refractivity contribution in [2.24, 2.45) is 0 Å². The molecular weight excluding hydrogens is 386 g/mol. The lowest BCUT2D eigenvalue weighted by Crippen LogP contribution is -2.12. The number of carbonyl (C=O) groups excluding carboxylic acids is 1. The molecule has 0 aliphatic rings. The van der Waals surface area contributed by atoms with Gasteiger partial charge >= 0.3 is 0 Å². The Morgan fingerprint density at radius 2 is 1.47 bits per heavy atom. The molecule has 30 heavy (non-hydrogen) atoms. The molecule has 0 radical (unpaired) electrons. The van der Waals surface area contributed by atoms with Gasteiger partial charge in [-0.15, -0.1) is 0 Å². The van der Waals surface area contributed by atoms with Crippen LogP contribution in [0, 0.1) is 11.6 Å². The third kappa shape index (κ3) is 4.64. The second kappa shape index (κ2) is 8.48. The number of halogens is 2. The number of rotatable bonds is 5. The van der Waals surface area contributed by atoms with E-state index in [2.05, 4.69) is 20.6 Å². The zero-order chi connectivity index (χ0) is 20.9. The molecule has 0 aliphatic carbocycles. The van der Waals surface area contributed by atoms with Crippen LogP contribution >= 0.6 is 0 Å². The van der Waals surface area contributed by atoms with Crippen LogP contribution < -0.4 is 10.6 Å². The lowest BCUT2D eigenvalue weighted by atomic mass is 10.1. The highest BCUT2D eigenvalue weighted by Crippen LogP contribution is 2.21. The minimum Gasteiger partial charge on any atom is -0.340 e. The van der Waals surface area contributed by atoms with Gasteiger partial charge in [0.1, 0.15) is 23.8 Å². The van der Waals surface area contributed by atoms with Crippen LogP contribution in [0.2, 0.25) is 0 Å². The van der Waals surface area contributed by atoms with Crippen LogP contribution in [-0.2, 0) is 0 Å². The zero-order valence-corrected chi connectivity index (χ0v) is 15.6. The molecule has 0 aliphatic heterocycles. The van der Waals surface area contributed by atoms with Crippen LogP contribution in [0.15, 0.2) is 85.2 Å². The quantitative estimate of drug-likeness (QED) is 0.468. The molecule has 4 aromatic rings. The molecule has 0 fully saturated rings. The summed E-state index contributed by atoms with van der Waals surface area (Å²) < 4.78 is 26.5. The topological polar surface area (TPSA) is 66.9 Å². The first kappa shape index (κ1) is 19.2. The smallest absolute Gasteiger partial charge is 0.255 e. The number of anilines is 3. The average molecular weight is 402 g/mol. The van der Waals surface area contributed by atoms with E-state index in [1.807, 2.05) is 36.4 Å². The van der Waals surface area contributed by atoms with E-state index in [9.17, 15) is 13.6 Å². The van der Waals surface area contributed by atoms with Gasteiger partial charge < -0.3 is 10.6 Å². The number of hydrogen-bond donors (Lipinski definition) is 2.